The maximum atomic E-state index is 3.57. The van der Waals surface area contributed by atoms with Gasteiger partial charge < -0.3 is 5.32 Å². The highest BCUT2D eigenvalue weighted by Crippen LogP contribution is 2.28. The maximum Gasteiger partial charge on any atom is 0.0397 e. The Balaban J connectivity index is 2.19. The third kappa shape index (κ3) is 4.66. The summed E-state index contributed by atoms with van der Waals surface area (Å²) in [7, 11) is 0. The van der Waals surface area contributed by atoms with Crippen LogP contribution in [0.4, 0.5) is 0 Å². The number of thiophene rings is 1. The highest BCUT2D eigenvalue weighted by molar-refractivity contribution is 9.10. The van der Waals surface area contributed by atoms with Crippen LogP contribution in [-0.4, -0.2) is 6.54 Å². The van der Waals surface area contributed by atoms with Crippen LogP contribution in [0, 0.1) is 0 Å². The van der Waals surface area contributed by atoms with E-state index in [4.69, 9.17) is 0 Å². The average molecular weight is 290 g/mol. The lowest BCUT2D eigenvalue weighted by molar-refractivity contribution is 0.541. The number of halogens is 1. The highest BCUT2D eigenvalue weighted by Gasteiger charge is 2.09. The van der Waals surface area contributed by atoms with Crippen molar-refractivity contribution >= 4 is 27.3 Å². The number of nitrogens with one attached hydrogen (secondary N) is 1. The second kappa shape index (κ2) is 7.42. The summed E-state index contributed by atoms with van der Waals surface area (Å²) in [6.07, 6.45) is 5.31. The lowest BCUT2D eigenvalue weighted by atomic mass is 10.2. The number of hydrogen-bond donors (Lipinski definition) is 1. The molecule has 1 unspecified atom stereocenters. The van der Waals surface area contributed by atoms with Crippen molar-refractivity contribution in [3.8, 4) is 0 Å². The third-order valence-electron chi connectivity index (χ3n) is 2.52. The molecule has 1 aromatic heterocycles. The highest BCUT2D eigenvalue weighted by atomic mass is 79.9. The number of hydrogen-bond acceptors (Lipinski definition) is 2. The Hall–Kier alpha value is 0.140. The normalized spacial score (nSPS) is 13.0. The molecule has 0 aliphatic rings. The molecule has 0 amide bonds. The molecule has 1 nitrogen and oxygen atoms in total. The van der Waals surface area contributed by atoms with Crippen molar-refractivity contribution in [3.05, 3.63) is 20.8 Å². The number of unbranched alkanes of at least 4 members (excludes halogenated alkanes) is 3. The van der Waals surface area contributed by atoms with E-state index < -0.39 is 0 Å². The fourth-order valence-corrected chi connectivity index (χ4v) is 3.33. The van der Waals surface area contributed by atoms with Gasteiger partial charge in [0.1, 0.15) is 0 Å². The van der Waals surface area contributed by atoms with Crippen LogP contribution >= 0.6 is 27.3 Å². The minimum absolute atomic E-state index is 0.473. The Bertz CT molecular complexity index is 272. The molecule has 1 rings (SSSR count). The first-order valence-electron chi connectivity index (χ1n) is 5.72. The molecule has 86 valence electrons. The second-order valence-electron chi connectivity index (χ2n) is 3.87. The Morgan fingerprint density at radius 3 is 2.80 bits per heavy atom. The van der Waals surface area contributed by atoms with Gasteiger partial charge in [-0.1, -0.05) is 26.2 Å². The van der Waals surface area contributed by atoms with Crippen LogP contribution in [0.5, 0.6) is 0 Å². The standard InChI is InChI=1S/C12H20BrNS/c1-3-4-5-6-8-14-10(2)12-11(13)7-9-15-12/h7,9-10,14H,3-6,8H2,1-2H3. The molecule has 0 aromatic carbocycles. The summed E-state index contributed by atoms with van der Waals surface area (Å²) in [5.41, 5.74) is 0. The SMILES string of the molecule is CCCCCCNC(C)c1sccc1Br. The first-order chi connectivity index (χ1) is 7.25. The van der Waals surface area contributed by atoms with Crippen molar-refractivity contribution in [2.75, 3.05) is 6.54 Å². The lowest BCUT2D eigenvalue weighted by Gasteiger charge is -2.12. The first kappa shape index (κ1) is 13.2. The Kier molecular flexibility index (Phi) is 6.53. The van der Waals surface area contributed by atoms with E-state index in [-0.39, 0.29) is 0 Å². The van der Waals surface area contributed by atoms with E-state index in [0.29, 0.717) is 6.04 Å². The minimum atomic E-state index is 0.473. The van der Waals surface area contributed by atoms with Gasteiger partial charge in [-0.15, -0.1) is 11.3 Å². The monoisotopic (exact) mass is 289 g/mol. The molecule has 0 aliphatic carbocycles. The molecule has 15 heavy (non-hydrogen) atoms. The predicted octanol–water partition coefficient (Wildman–Crippen LogP) is 4.74. The molecule has 1 heterocycles. The molecule has 1 atom stereocenters. The summed E-state index contributed by atoms with van der Waals surface area (Å²) in [5, 5.41) is 5.70. The van der Waals surface area contributed by atoms with Crippen LogP contribution in [0.25, 0.3) is 0 Å². The molecule has 3 heteroatoms. The molecule has 0 bridgehead atoms. The minimum Gasteiger partial charge on any atom is -0.309 e. The molecule has 0 aliphatic heterocycles. The summed E-state index contributed by atoms with van der Waals surface area (Å²) in [4.78, 5) is 1.41. The number of rotatable bonds is 7. The van der Waals surface area contributed by atoms with Crippen LogP contribution in [0.3, 0.4) is 0 Å². The molecular weight excluding hydrogens is 270 g/mol. The summed E-state index contributed by atoms with van der Waals surface area (Å²) >= 11 is 5.39. The predicted molar refractivity (Wildman–Crippen MR) is 72.6 cm³/mol. The quantitative estimate of drug-likeness (QED) is 0.715. The van der Waals surface area contributed by atoms with Gasteiger partial charge in [0.25, 0.3) is 0 Å². The Labute approximate surface area is 105 Å². The molecule has 0 spiro atoms. The van der Waals surface area contributed by atoms with E-state index in [0.717, 1.165) is 6.54 Å². The van der Waals surface area contributed by atoms with Gasteiger partial charge in [0.2, 0.25) is 0 Å². The third-order valence-corrected chi connectivity index (χ3v) is 4.57. The van der Waals surface area contributed by atoms with Crippen molar-refractivity contribution in [2.45, 2.75) is 45.6 Å². The van der Waals surface area contributed by atoms with Crippen molar-refractivity contribution in [1.29, 1.82) is 0 Å². The zero-order chi connectivity index (χ0) is 11.1. The largest absolute Gasteiger partial charge is 0.309 e. The molecule has 0 radical (unpaired) electrons. The summed E-state index contributed by atoms with van der Waals surface area (Å²) in [6.45, 7) is 5.61. The van der Waals surface area contributed by atoms with E-state index in [9.17, 15) is 0 Å². The first-order valence-corrected chi connectivity index (χ1v) is 7.39. The molecular formula is C12H20BrNS. The zero-order valence-electron chi connectivity index (χ0n) is 9.55. The maximum absolute atomic E-state index is 3.57. The molecule has 0 saturated carbocycles. The topological polar surface area (TPSA) is 12.0 Å². The molecule has 0 fully saturated rings. The second-order valence-corrected chi connectivity index (χ2v) is 5.67. The van der Waals surface area contributed by atoms with Gasteiger partial charge in [0.05, 0.1) is 0 Å². The smallest absolute Gasteiger partial charge is 0.0397 e. The average Bonchev–Trinajstić information content (AvgIpc) is 2.64. The van der Waals surface area contributed by atoms with Crippen LogP contribution in [0.2, 0.25) is 0 Å². The van der Waals surface area contributed by atoms with Gasteiger partial charge >= 0.3 is 0 Å². The fraction of sp³-hybridized carbons (Fsp3) is 0.667. The van der Waals surface area contributed by atoms with Crippen LogP contribution < -0.4 is 5.32 Å². The van der Waals surface area contributed by atoms with Crippen molar-refractivity contribution in [1.82, 2.24) is 5.32 Å². The van der Waals surface area contributed by atoms with Gasteiger partial charge in [0.15, 0.2) is 0 Å². The molecule has 1 aromatic rings. The van der Waals surface area contributed by atoms with E-state index in [1.807, 2.05) is 11.3 Å². The van der Waals surface area contributed by atoms with Gasteiger partial charge in [-0.3, -0.25) is 0 Å². The van der Waals surface area contributed by atoms with E-state index >= 15 is 0 Å². The van der Waals surface area contributed by atoms with E-state index in [1.54, 1.807) is 0 Å². The Morgan fingerprint density at radius 2 is 2.20 bits per heavy atom. The lowest BCUT2D eigenvalue weighted by Crippen LogP contribution is -2.19. The van der Waals surface area contributed by atoms with Crippen LogP contribution in [0.1, 0.15) is 50.4 Å². The summed E-state index contributed by atoms with van der Waals surface area (Å²) in [6, 6.07) is 2.59. The van der Waals surface area contributed by atoms with Crippen molar-refractivity contribution in [3.63, 3.8) is 0 Å². The molecule has 1 N–H and O–H groups in total. The van der Waals surface area contributed by atoms with Gasteiger partial charge in [0, 0.05) is 15.4 Å². The Morgan fingerprint density at radius 1 is 1.40 bits per heavy atom. The summed E-state index contributed by atoms with van der Waals surface area (Å²) in [5.74, 6) is 0. The van der Waals surface area contributed by atoms with Crippen LogP contribution in [0.15, 0.2) is 15.9 Å². The molecule has 0 saturated heterocycles. The fourth-order valence-electron chi connectivity index (χ4n) is 1.58. The summed E-state index contributed by atoms with van der Waals surface area (Å²) < 4.78 is 1.24. The zero-order valence-corrected chi connectivity index (χ0v) is 12.0. The van der Waals surface area contributed by atoms with Crippen molar-refractivity contribution < 1.29 is 0 Å². The van der Waals surface area contributed by atoms with Gasteiger partial charge in [-0.25, -0.2) is 0 Å². The van der Waals surface area contributed by atoms with Crippen LogP contribution in [-0.2, 0) is 0 Å². The van der Waals surface area contributed by atoms with Gasteiger partial charge in [-0.05, 0) is 47.3 Å². The van der Waals surface area contributed by atoms with E-state index in [2.05, 4.69) is 46.5 Å². The van der Waals surface area contributed by atoms with Gasteiger partial charge in [-0.2, -0.15) is 0 Å². The van der Waals surface area contributed by atoms with E-state index in [1.165, 1.54) is 35.0 Å². The van der Waals surface area contributed by atoms with Crippen molar-refractivity contribution in [2.24, 2.45) is 0 Å².